The Bertz CT molecular complexity index is 906. The van der Waals surface area contributed by atoms with Crippen molar-refractivity contribution in [2.45, 2.75) is 38.6 Å². The second-order valence-electron chi connectivity index (χ2n) is 9.26. The summed E-state index contributed by atoms with van der Waals surface area (Å²) in [6.07, 6.45) is 3.13. The van der Waals surface area contributed by atoms with Crippen molar-refractivity contribution in [1.82, 2.24) is 20.4 Å². The van der Waals surface area contributed by atoms with Crippen molar-refractivity contribution in [2.24, 2.45) is 5.92 Å². The summed E-state index contributed by atoms with van der Waals surface area (Å²) in [5, 5.41) is 5.63. The predicted molar refractivity (Wildman–Crippen MR) is 124 cm³/mol. The molecule has 3 aliphatic heterocycles. The number of imide groups is 2. The van der Waals surface area contributed by atoms with E-state index in [1.165, 1.54) is 12.8 Å². The summed E-state index contributed by atoms with van der Waals surface area (Å²) in [6, 6.07) is 4.75. The van der Waals surface area contributed by atoms with E-state index in [1.54, 1.807) is 0 Å². The Labute approximate surface area is 194 Å². The van der Waals surface area contributed by atoms with Crippen LogP contribution in [-0.4, -0.2) is 85.8 Å². The highest BCUT2D eigenvalue weighted by Gasteiger charge is 2.35. The molecule has 1 aromatic carbocycles. The maximum Gasteiger partial charge on any atom is 0.261 e. The molecule has 1 atom stereocenters. The molecule has 2 N–H and O–H groups in total. The number of hydrogen-bond acceptors (Lipinski definition) is 7. The number of rotatable bonds is 6. The van der Waals surface area contributed by atoms with Crippen LogP contribution in [-0.2, 0) is 14.4 Å². The minimum absolute atomic E-state index is 0.106. The van der Waals surface area contributed by atoms with Crippen LogP contribution < -0.4 is 15.5 Å². The van der Waals surface area contributed by atoms with Gasteiger partial charge in [0, 0.05) is 50.4 Å². The van der Waals surface area contributed by atoms with Gasteiger partial charge in [-0.3, -0.25) is 34.3 Å². The van der Waals surface area contributed by atoms with Crippen molar-refractivity contribution >= 4 is 29.8 Å². The molecule has 4 rings (SSSR count). The van der Waals surface area contributed by atoms with Crippen molar-refractivity contribution in [1.29, 1.82) is 0 Å². The van der Waals surface area contributed by atoms with Crippen LogP contribution in [0.4, 0.5) is 5.69 Å². The number of hydrogen-bond donors (Lipinski definition) is 2. The summed E-state index contributed by atoms with van der Waals surface area (Å²) in [6.45, 7) is 8.92. The highest BCUT2D eigenvalue weighted by atomic mass is 16.2. The summed E-state index contributed by atoms with van der Waals surface area (Å²) in [5.74, 6) is -0.733. The molecule has 4 amide bonds. The predicted octanol–water partition coefficient (Wildman–Crippen LogP) is 0.520. The fourth-order valence-corrected chi connectivity index (χ4v) is 5.00. The quantitative estimate of drug-likeness (QED) is 0.476. The number of anilines is 1. The smallest absolute Gasteiger partial charge is 0.261 e. The van der Waals surface area contributed by atoms with E-state index in [0.717, 1.165) is 67.9 Å². The summed E-state index contributed by atoms with van der Waals surface area (Å²) in [7, 11) is 0. The first kappa shape index (κ1) is 23.4. The first-order valence-electron chi connectivity index (χ1n) is 11.9. The second kappa shape index (κ2) is 10.4. The molecule has 1 unspecified atom stereocenters. The molecule has 1 aromatic rings. The highest BCUT2D eigenvalue weighted by molar-refractivity contribution is 6.07. The highest BCUT2D eigenvalue weighted by Crippen LogP contribution is 2.24. The van der Waals surface area contributed by atoms with Crippen molar-refractivity contribution in [2.75, 3.05) is 50.7 Å². The molecular formula is C24H33N5O4. The Morgan fingerprint density at radius 1 is 1.12 bits per heavy atom. The SMILES string of the molecule is Cc1ccc(N2CCN(CC3CCNCC3)CC2)cc1C(=O)N(C=O)C1CCC(=O)NC1=O. The van der Waals surface area contributed by atoms with E-state index >= 15 is 0 Å². The Hall–Kier alpha value is -2.78. The maximum atomic E-state index is 13.2. The fraction of sp³-hybridized carbons (Fsp3) is 0.583. The molecule has 9 heteroatoms. The van der Waals surface area contributed by atoms with Crippen LogP contribution >= 0.6 is 0 Å². The maximum absolute atomic E-state index is 13.2. The number of carbonyl (C=O) groups excluding carboxylic acids is 4. The number of nitrogens with zero attached hydrogens (tertiary/aromatic N) is 3. The zero-order valence-corrected chi connectivity index (χ0v) is 19.2. The van der Waals surface area contributed by atoms with Gasteiger partial charge in [-0.1, -0.05) is 6.07 Å². The number of carbonyl (C=O) groups is 4. The first-order valence-corrected chi connectivity index (χ1v) is 11.9. The molecule has 3 aliphatic rings. The number of aryl methyl sites for hydroxylation is 1. The lowest BCUT2D eigenvalue weighted by atomic mass is 9.97. The summed E-state index contributed by atoms with van der Waals surface area (Å²) in [5.41, 5.74) is 2.09. The Morgan fingerprint density at radius 2 is 1.85 bits per heavy atom. The third kappa shape index (κ3) is 5.42. The van der Waals surface area contributed by atoms with Crippen molar-refractivity contribution in [3.8, 4) is 0 Å². The molecule has 0 aliphatic carbocycles. The van der Waals surface area contributed by atoms with Gasteiger partial charge in [-0.15, -0.1) is 0 Å². The molecule has 3 heterocycles. The lowest BCUT2D eigenvalue weighted by Crippen LogP contribution is -2.54. The van der Waals surface area contributed by atoms with Crippen LogP contribution in [0.1, 0.15) is 41.6 Å². The lowest BCUT2D eigenvalue weighted by Gasteiger charge is -2.38. The van der Waals surface area contributed by atoms with Gasteiger partial charge in [-0.05, 0) is 62.9 Å². The van der Waals surface area contributed by atoms with Gasteiger partial charge in [0.1, 0.15) is 6.04 Å². The molecule has 33 heavy (non-hydrogen) atoms. The van der Waals surface area contributed by atoms with Gasteiger partial charge in [0.15, 0.2) is 0 Å². The molecule has 0 spiro atoms. The second-order valence-corrected chi connectivity index (χ2v) is 9.26. The van der Waals surface area contributed by atoms with Crippen LogP contribution in [0, 0.1) is 12.8 Å². The van der Waals surface area contributed by atoms with Crippen LogP contribution in [0.2, 0.25) is 0 Å². The standard InChI is InChI=1S/C24H33N5O4/c1-17-2-3-19(28-12-10-27(11-13-28)15-18-6-8-25-9-7-18)14-20(17)24(33)29(16-30)21-4-5-22(31)26-23(21)32/h2-3,14,16,18,21,25H,4-13,15H2,1H3,(H,26,31,32). The number of nitrogens with one attached hydrogen (secondary N) is 2. The largest absolute Gasteiger partial charge is 0.369 e. The number of piperidine rings is 2. The molecule has 9 nitrogen and oxygen atoms in total. The molecule has 0 saturated carbocycles. The Balaban J connectivity index is 1.42. The lowest BCUT2D eigenvalue weighted by molar-refractivity contribution is -0.139. The van der Waals surface area contributed by atoms with Gasteiger partial charge >= 0.3 is 0 Å². The number of amides is 4. The van der Waals surface area contributed by atoms with Gasteiger partial charge in [0.05, 0.1) is 0 Å². The van der Waals surface area contributed by atoms with Gasteiger partial charge < -0.3 is 10.2 Å². The van der Waals surface area contributed by atoms with E-state index in [0.29, 0.717) is 12.0 Å². The molecule has 0 radical (unpaired) electrons. The molecule has 0 bridgehead atoms. The average Bonchev–Trinajstić information content (AvgIpc) is 2.82. The van der Waals surface area contributed by atoms with E-state index in [2.05, 4.69) is 20.4 Å². The van der Waals surface area contributed by atoms with Crippen LogP contribution in [0.25, 0.3) is 0 Å². The Morgan fingerprint density at radius 3 is 2.52 bits per heavy atom. The van der Waals surface area contributed by atoms with E-state index in [4.69, 9.17) is 0 Å². The molecule has 0 aromatic heterocycles. The molecular weight excluding hydrogens is 422 g/mol. The zero-order chi connectivity index (χ0) is 23.4. The van der Waals surface area contributed by atoms with Gasteiger partial charge in [0.2, 0.25) is 18.2 Å². The summed E-state index contributed by atoms with van der Waals surface area (Å²) >= 11 is 0. The summed E-state index contributed by atoms with van der Waals surface area (Å²) < 4.78 is 0. The average molecular weight is 456 g/mol. The monoisotopic (exact) mass is 455 g/mol. The van der Waals surface area contributed by atoms with Gasteiger partial charge in [-0.25, -0.2) is 0 Å². The van der Waals surface area contributed by atoms with E-state index in [9.17, 15) is 19.2 Å². The number of benzene rings is 1. The van der Waals surface area contributed by atoms with Crippen LogP contribution in [0.5, 0.6) is 0 Å². The van der Waals surface area contributed by atoms with E-state index in [-0.39, 0.29) is 18.7 Å². The van der Waals surface area contributed by atoms with Gasteiger partial charge in [-0.2, -0.15) is 0 Å². The van der Waals surface area contributed by atoms with Crippen molar-refractivity contribution < 1.29 is 19.2 Å². The minimum Gasteiger partial charge on any atom is -0.369 e. The molecule has 178 valence electrons. The van der Waals surface area contributed by atoms with Crippen molar-refractivity contribution in [3.63, 3.8) is 0 Å². The minimum atomic E-state index is -0.964. The topological polar surface area (TPSA) is 102 Å². The Kier molecular flexibility index (Phi) is 7.39. The number of piperazine rings is 1. The van der Waals surface area contributed by atoms with Crippen molar-refractivity contribution in [3.05, 3.63) is 29.3 Å². The third-order valence-electron chi connectivity index (χ3n) is 7.06. The third-order valence-corrected chi connectivity index (χ3v) is 7.06. The molecule has 3 fully saturated rings. The zero-order valence-electron chi connectivity index (χ0n) is 19.2. The van der Waals surface area contributed by atoms with Crippen LogP contribution in [0.15, 0.2) is 18.2 Å². The van der Waals surface area contributed by atoms with Crippen LogP contribution in [0.3, 0.4) is 0 Å². The van der Waals surface area contributed by atoms with E-state index < -0.39 is 17.9 Å². The fourth-order valence-electron chi connectivity index (χ4n) is 5.00. The normalized spacial score (nSPS) is 22.7. The first-order chi connectivity index (χ1) is 16.0. The van der Waals surface area contributed by atoms with Gasteiger partial charge in [0.25, 0.3) is 5.91 Å². The van der Waals surface area contributed by atoms with E-state index in [1.807, 2.05) is 25.1 Å². The molecule has 3 saturated heterocycles. The summed E-state index contributed by atoms with van der Waals surface area (Å²) in [4.78, 5) is 54.4.